The number of nitrogens with one attached hydrogen (secondary N) is 1. The first-order valence-corrected chi connectivity index (χ1v) is 10.3. The molecule has 0 bridgehead atoms. The van der Waals surface area contributed by atoms with Gasteiger partial charge in [-0.3, -0.25) is 9.53 Å². The van der Waals surface area contributed by atoms with Crippen LogP contribution in [0.15, 0.2) is 18.2 Å². The maximum Gasteiger partial charge on any atom is 0.522 e. The van der Waals surface area contributed by atoms with E-state index in [2.05, 4.69) is 10.1 Å². The van der Waals surface area contributed by atoms with Crippen molar-refractivity contribution in [1.29, 1.82) is 0 Å². The van der Waals surface area contributed by atoms with Gasteiger partial charge in [-0.1, -0.05) is 18.5 Å². The average molecular weight is 472 g/mol. The van der Waals surface area contributed by atoms with Crippen LogP contribution in [-0.2, 0) is 19.0 Å². The van der Waals surface area contributed by atoms with Gasteiger partial charge in [0.1, 0.15) is 11.6 Å². The minimum atomic E-state index is -4.64. The molecule has 1 atom stereocenters. The Hall–Kier alpha value is -1.62. The van der Waals surface area contributed by atoms with Crippen LogP contribution in [0.4, 0.5) is 17.6 Å². The van der Waals surface area contributed by atoms with Crippen LogP contribution in [0.1, 0.15) is 32.6 Å². The second-order valence-corrected chi connectivity index (χ2v) is 7.50. The Morgan fingerprint density at radius 2 is 2.00 bits per heavy atom. The van der Waals surface area contributed by atoms with Gasteiger partial charge in [0.25, 0.3) is 5.91 Å². The molecule has 0 spiro atoms. The number of carbonyl (C=O) groups is 1. The summed E-state index contributed by atoms with van der Waals surface area (Å²) >= 11 is 5.58. The SMILES string of the molecule is CC[C@@H](CCOCCO[C@H]1C[C@H](NC(=O)COc2ccc(Cl)c(F)c2)C1)OC(F)(F)F. The van der Waals surface area contributed by atoms with E-state index in [1.54, 1.807) is 6.92 Å². The quantitative estimate of drug-likeness (QED) is 0.344. The van der Waals surface area contributed by atoms with Gasteiger partial charge < -0.3 is 19.5 Å². The Morgan fingerprint density at radius 3 is 2.65 bits per heavy atom. The van der Waals surface area contributed by atoms with Gasteiger partial charge in [-0.2, -0.15) is 0 Å². The molecule has 176 valence electrons. The van der Waals surface area contributed by atoms with Crippen molar-refractivity contribution in [2.24, 2.45) is 0 Å². The molecule has 0 saturated heterocycles. The summed E-state index contributed by atoms with van der Waals surface area (Å²) in [4.78, 5) is 11.9. The van der Waals surface area contributed by atoms with E-state index in [-0.39, 0.29) is 61.5 Å². The molecule has 2 rings (SSSR count). The Bertz CT molecular complexity index is 701. The number of benzene rings is 1. The number of hydrogen-bond acceptors (Lipinski definition) is 5. The lowest BCUT2D eigenvalue weighted by Crippen LogP contribution is -2.49. The minimum absolute atomic E-state index is 0.0165. The third-order valence-corrected chi connectivity index (χ3v) is 4.95. The van der Waals surface area contributed by atoms with E-state index in [0.717, 1.165) is 6.07 Å². The highest BCUT2D eigenvalue weighted by molar-refractivity contribution is 6.30. The van der Waals surface area contributed by atoms with Crippen LogP contribution in [-0.4, -0.2) is 56.9 Å². The van der Waals surface area contributed by atoms with E-state index in [0.29, 0.717) is 19.4 Å². The summed E-state index contributed by atoms with van der Waals surface area (Å²) in [7, 11) is 0. The molecule has 6 nitrogen and oxygen atoms in total. The van der Waals surface area contributed by atoms with E-state index in [1.165, 1.54) is 12.1 Å². The second-order valence-electron chi connectivity index (χ2n) is 7.09. The standard InChI is InChI=1S/C20H26ClF4NO5/c1-2-14(31-20(23,24)25)5-6-28-7-8-29-16-9-13(10-16)26-19(27)12-30-15-3-4-17(21)18(22)11-15/h3-4,11,13-14,16H,2,5-10,12H2,1H3,(H,26,27)/t13-,14-,16-/m0/s1. The topological polar surface area (TPSA) is 66.0 Å². The predicted octanol–water partition coefficient (Wildman–Crippen LogP) is 4.24. The Kier molecular flexibility index (Phi) is 10.3. The Balaban J connectivity index is 1.48. The first-order chi connectivity index (χ1) is 14.7. The van der Waals surface area contributed by atoms with Gasteiger partial charge in [-0.05, 0) is 37.8 Å². The number of ether oxygens (including phenoxy) is 4. The molecule has 11 heteroatoms. The zero-order chi connectivity index (χ0) is 22.9. The van der Waals surface area contributed by atoms with Crippen molar-refractivity contribution in [1.82, 2.24) is 5.32 Å². The molecule has 0 aromatic heterocycles. The van der Waals surface area contributed by atoms with E-state index in [4.69, 9.17) is 25.8 Å². The summed E-state index contributed by atoms with van der Waals surface area (Å²) in [5, 5.41) is 2.77. The average Bonchev–Trinajstić information content (AvgIpc) is 2.67. The first-order valence-electron chi connectivity index (χ1n) is 9.97. The van der Waals surface area contributed by atoms with Gasteiger partial charge in [0.2, 0.25) is 0 Å². The molecule has 1 aromatic rings. The lowest BCUT2D eigenvalue weighted by Gasteiger charge is -2.35. The molecule has 0 aliphatic heterocycles. The molecule has 0 heterocycles. The molecule has 0 unspecified atom stereocenters. The van der Waals surface area contributed by atoms with E-state index in [9.17, 15) is 22.4 Å². The predicted molar refractivity (Wildman–Crippen MR) is 104 cm³/mol. The lowest BCUT2D eigenvalue weighted by molar-refractivity contribution is -0.344. The normalized spacial score (nSPS) is 19.5. The summed E-state index contributed by atoms with van der Waals surface area (Å²) in [6.45, 7) is 2.11. The molecule has 0 radical (unpaired) electrons. The molecule has 1 fully saturated rings. The first kappa shape index (κ1) is 25.6. The summed E-state index contributed by atoms with van der Waals surface area (Å²) in [5.74, 6) is -0.738. The maximum atomic E-state index is 13.3. The fourth-order valence-corrected chi connectivity index (χ4v) is 3.05. The molecular weight excluding hydrogens is 446 g/mol. The molecule has 1 aliphatic rings. The van der Waals surface area contributed by atoms with Gasteiger partial charge >= 0.3 is 6.36 Å². The number of rotatable bonds is 13. The summed E-state index contributed by atoms with van der Waals surface area (Å²) in [5.41, 5.74) is 0. The highest BCUT2D eigenvalue weighted by atomic mass is 35.5. The molecule has 1 aliphatic carbocycles. The summed E-state index contributed by atoms with van der Waals surface area (Å²) in [6, 6.07) is 3.89. The lowest BCUT2D eigenvalue weighted by atomic mass is 9.89. The zero-order valence-corrected chi connectivity index (χ0v) is 17.8. The van der Waals surface area contributed by atoms with Gasteiger partial charge in [0.15, 0.2) is 6.61 Å². The number of alkyl halides is 3. The summed E-state index contributed by atoms with van der Waals surface area (Å²) in [6.07, 6.45) is -3.90. The van der Waals surface area contributed by atoms with Gasteiger partial charge in [0.05, 0.1) is 30.4 Å². The molecule has 1 aromatic carbocycles. The Morgan fingerprint density at radius 1 is 1.26 bits per heavy atom. The van der Waals surface area contributed by atoms with Crippen molar-refractivity contribution in [2.75, 3.05) is 26.4 Å². The monoisotopic (exact) mass is 471 g/mol. The number of hydrogen-bond donors (Lipinski definition) is 1. The van der Waals surface area contributed by atoms with Crippen LogP contribution in [0.5, 0.6) is 5.75 Å². The maximum absolute atomic E-state index is 13.3. The highest BCUT2D eigenvalue weighted by Crippen LogP contribution is 2.24. The van der Waals surface area contributed by atoms with Crippen LogP contribution in [0.25, 0.3) is 0 Å². The largest absolute Gasteiger partial charge is 0.522 e. The van der Waals surface area contributed by atoms with Crippen molar-refractivity contribution < 1.29 is 41.3 Å². The number of halogens is 5. The van der Waals surface area contributed by atoms with Crippen molar-refractivity contribution >= 4 is 17.5 Å². The third-order valence-electron chi connectivity index (χ3n) is 4.64. The van der Waals surface area contributed by atoms with Crippen LogP contribution in [0, 0.1) is 5.82 Å². The van der Waals surface area contributed by atoms with E-state index in [1.807, 2.05) is 0 Å². The van der Waals surface area contributed by atoms with Gasteiger partial charge in [-0.25, -0.2) is 4.39 Å². The van der Waals surface area contributed by atoms with E-state index >= 15 is 0 Å². The number of amides is 1. The van der Waals surface area contributed by atoms with Gasteiger partial charge in [0, 0.05) is 18.7 Å². The highest BCUT2D eigenvalue weighted by Gasteiger charge is 2.33. The fourth-order valence-electron chi connectivity index (χ4n) is 2.93. The van der Waals surface area contributed by atoms with Crippen molar-refractivity contribution in [3.05, 3.63) is 29.0 Å². The molecule has 31 heavy (non-hydrogen) atoms. The summed E-state index contributed by atoms with van der Waals surface area (Å²) < 4.78 is 69.9. The second kappa shape index (κ2) is 12.4. The van der Waals surface area contributed by atoms with Crippen molar-refractivity contribution in [3.8, 4) is 5.75 Å². The fraction of sp³-hybridized carbons (Fsp3) is 0.650. The third kappa shape index (κ3) is 10.0. The van der Waals surface area contributed by atoms with Crippen LogP contribution >= 0.6 is 11.6 Å². The smallest absolute Gasteiger partial charge is 0.484 e. The minimum Gasteiger partial charge on any atom is -0.484 e. The zero-order valence-electron chi connectivity index (χ0n) is 17.1. The molecule has 1 saturated carbocycles. The van der Waals surface area contributed by atoms with E-state index < -0.39 is 18.3 Å². The van der Waals surface area contributed by atoms with Crippen LogP contribution in [0.3, 0.4) is 0 Å². The molecule has 1 amide bonds. The van der Waals surface area contributed by atoms with Crippen LogP contribution < -0.4 is 10.1 Å². The Labute approximate surface area is 183 Å². The number of carbonyl (C=O) groups excluding carboxylic acids is 1. The van der Waals surface area contributed by atoms with Crippen molar-refractivity contribution in [3.63, 3.8) is 0 Å². The molecular formula is C20H26ClF4NO5. The van der Waals surface area contributed by atoms with Gasteiger partial charge in [-0.15, -0.1) is 13.2 Å². The molecule has 1 N–H and O–H groups in total. The van der Waals surface area contributed by atoms with Crippen molar-refractivity contribution in [2.45, 2.75) is 57.2 Å². The van der Waals surface area contributed by atoms with Crippen LogP contribution in [0.2, 0.25) is 5.02 Å².